The molecular formula is C12H19N3O3. The summed E-state index contributed by atoms with van der Waals surface area (Å²) < 4.78 is 9.96. The Kier molecular flexibility index (Phi) is 5.90. The first-order valence-electron chi connectivity index (χ1n) is 5.97. The largest absolute Gasteiger partial charge is 0.477 e. The van der Waals surface area contributed by atoms with Gasteiger partial charge in [-0.05, 0) is 13.3 Å². The topological polar surface area (TPSA) is 64.6 Å². The number of nitrogens with zero attached hydrogens (tertiary/aromatic N) is 3. The summed E-state index contributed by atoms with van der Waals surface area (Å²) in [6, 6.07) is 0. The van der Waals surface area contributed by atoms with E-state index in [0.29, 0.717) is 24.8 Å². The number of anilines is 1. The van der Waals surface area contributed by atoms with E-state index in [1.807, 2.05) is 18.7 Å². The van der Waals surface area contributed by atoms with E-state index >= 15 is 0 Å². The summed E-state index contributed by atoms with van der Waals surface area (Å²) in [4.78, 5) is 21.5. The molecule has 0 radical (unpaired) electrons. The van der Waals surface area contributed by atoms with Crippen molar-refractivity contribution in [1.82, 2.24) is 9.97 Å². The van der Waals surface area contributed by atoms with Crippen LogP contribution in [0, 0.1) is 0 Å². The first-order valence-corrected chi connectivity index (χ1v) is 5.97. The molecule has 0 aromatic carbocycles. The van der Waals surface area contributed by atoms with Crippen molar-refractivity contribution in [2.75, 3.05) is 31.7 Å². The maximum atomic E-state index is 11.3. The van der Waals surface area contributed by atoms with Crippen LogP contribution >= 0.6 is 0 Å². The molecule has 6 heteroatoms. The first-order chi connectivity index (χ1) is 8.71. The molecule has 0 bridgehead atoms. The van der Waals surface area contributed by atoms with Crippen molar-refractivity contribution in [3.63, 3.8) is 0 Å². The average Bonchev–Trinajstić information content (AvgIpc) is 2.39. The molecule has 0 fully saturated rings. The molecule has 6 nitrogen and oxygen atoms in total. The Morgan fingerprint density at radius 3 is 2.78 bits per heavy atom. The predicted molar refractivity (Wildman–Crippen MR) is 67.7 cm³/mol. The van der Waals surface area contributed by atoms with E-state index in [1.165, 1.54) is 7.11 Å². The van der Waals surface area contributed by atoms with E-state index in [9.17, 15) is 4.79 Å². The fourth-order valence-corrected chi connectivity index (χ4v) is 1.47. The molecule has 1 heterocycles. The predicted octanol–water partition coefficient (Wildman–Crippen LogP) is 1.26. The van der Waals surface area contributed by atoms with Crippen molar-refractivity contribution in [1.29, 1.82) is 0 Å². The van der Waals surface area contributed by atoms with Gasteiger partial charge in [0.25, 0.3) is 0 Å². The minimum Gasteiger partial charge on any atom is -0.477 e. The molecule has 18 heavy (non-hydrogen) atoms. The minimum atomic E-state index is -0.299. The summed E-state index contributed by atoms with van der Waals surface area (Å²) in [5, 5.41) is 0. The van der Waals surface area contributed by atoms with Gasteiger partial charge in [-0.1, -0.05) is 6.92 Å². The van der Waals surface area contributed by atoms with Crippen LogP contribution in [0.25, 0.3) is 0 Å². The summed E-state index contributed by atoms with van der Waals surface area (Å²) in [7, 11) is 1.37. The van der Waals surface area contributed by atoms with Gasteiger partial charge in [0.15, 0.2) is 5.82 Å². The lowest BCUT2D eigenvalue weighted by Gasteiger charge is -2.21. The van der Waals surface area contributed by atoms with E-state index in [-0.39, 0.29) is 12.5 Å². The molecule has 0 N–H and O–H groups in total. The Morgan fingerprint density at radius 1 is 1.39 bits per heavy atom. The van der Waals surface area contributed by atoms with Gasteiger partial charge in [0.1, 0.15) is 6.54 Å². The van der Waals surface area contributed by atoms with Crippen LogP contribution in [0.2, 0.25) is 0 Å². The number of methoxy groups -OCH3 is 1. The van der Waals surface area contributed by atoms with Gasteiger partial charge < -0.3 is 14.4 Å². The van der Waals surface area contributed by atoms with Crippen LogP contribution in [0.1, 0.15) is 20.3 Å². The molecule has 100 valence electrons. The molecule has 0 saturated heterocycles. The SMILES string of the molecule is CCCN(CC(=O)OC)c1cncc(OCC)n1. The van der Waals surface area contributed by atoms with Gasteiger partial charge in [0.2, 0.25) is 5.88 Å². The number of hydrogen-bond donors (Lipinski definition) is 0. The van der Waals surface area contributed by atoms with Gasteiger partial charge >= 0.3 is 5.97 Å². The number of ether oxygens (including phenoxy) is 2. The van der Waals surface area contributed by atoms with Crippen molar-refractivity contribution in [2.45, 2.75) is 20.3 Å². The lowest BCUT2D eigenvalue weighted by molar-refractivity contribution is -0.138. The quantitative estimate of drug-likeness (QED) is 0.682. The maximum absolute atomic E-state index is 11.3. The molecule has 1 aromatic rings. The fourth-order valence-electron chi connectivity index (χ4n) is 1.47. The highest BCUT2D eigenvalue weighted by atomic mass is 16.5. The second kappa shape index (κ2) is 7.47. The molecule has 0 unspecified atom stereocenters. The average molecular weight is 253 g/mol. The molecular weight excluding hydrogens is 234 g/mol. The third kappa shape index (κ3) is 4.20. The maximum Gasteiger partial charge on any atom is 0.325 e. The van der Waals surface area contributed by atoms with Crippen molar-refractivity contribution in [3.8, 4) is 5.88 Å². The van der Waals surface area contributed by atoms with Crippen molar-refractivity contribution in [3.05, 3.63) is 12.4 Å². The number of hydrogen-bond acceptors (Lipinski definition) is 6. The lowest BCUT2D eigenvalue weighted by Crippen LogP contribution is -2.32. The monoisotopic (exact) mass is 253 g/mol. The minimum absolute atomic E-state index is 0.161. The molecule has 1 rings (SSSR count). The van der Waals surface area contributed by atoms with E-state index < -0.39 is 0 Å². The zero-order valence-electron chi connectivity index (χ0n) is 11.0. The summed E-state index contributed by atoms with van der Waals surface area (Å²) in [6.07, 6.45) is 4.06. The van der Waals surface area contributed by atoms with Gasteiger partial charge in [0.05, 0.1) is 26.1 Å². The van der Waals surface area contributed by atoms with Crippen LogP contribution in [-0.2, 0) is 9.53 Å². The number of carbonyl (C=O) groups is 1. The van der Waals surface area contributed by atoms with Gasteiger partial charge in [0, 0.05) is 6.54 Å². The van der Waals surface area contributed by atoms with Crippen LogP contribution < -0.4 is 9.64 Å². The number of carbonyl (C=O) groups excluding carboxylic acids is 1. The van der Waals surface area contributed by atoms with Crippen LogP contribution in [0.3, 0.4) is 0 Å². The standard InChI is InChI=1S/C12H19N3O3/c1-4-6-15(9-12(16)17-3)10-7-13-8-11(14-10)18-5-2/h7-8H,4-6,9H2,1-3H3. The third-order valence-electron chi connectivity index (χ3n) is 2.26. The van der Waals surface area contributed by atoms with E-state index in [0.717, 1.165) is 6.42 Å². The Morgan fingerprint density at radius 2 is 2.17 bits per heavy atom. The summed E-state index contributed by atoms with van der Waals surface area (Å²) in [6.45, 7) is 5.31. The molecule has 0 spiro atoms. The van der Waals surface area contributed by atoms with Gasteiger partial charge in [-0.2, -0.15) is 4.98 Å². The molecule has 0 aliphatic rings. The highest BCUT2D eigenvalue weighted by Crippen LogP contribution is 2.14. The summed E-state index contributed by atoms with van der Waals surface area (Å²) in [5.41, 5.74) is 0. The number of aromatic nitrogens is 2. The second-order valence-electron chi connectivity index (χ2n) is 3.65. The van der Waals surface area contributed by atoms with Crippen LogP contribution in [0.15, 0.2) is 12.4 Å². The third-order valence-corrected chi connectivity index (χ3v) is 2.26. The smallest absolute Gasteiger partial charge is 0.325 e. The summed E-state index contributed by atoms with van der Waals surface area (Å²) >= 11 is 0. The molecule has 0 amide bonds. The van der Waals surface area contributed by atoms with Crippen LogP contribution in [0.4, 0.5) is 5.82 Å². The molecule has 0 atom stereocenters. The Bertz CT molecular complexity index is 385. The van der Waals surface area contributed by atoms with Gasteiger partial charge in [-0.25, -0.2) is 0 Å². The normalized spacial score (nSPS) is 9.94. The lowest BCUT2D eigenvalue weighted by atomic mass is 10.4. The Balaban J connectivity index is 2.83. The summed E-state index contributed by atoms with van der Waals surface area (Å²) in [5.74, 6) is 0.779. The molecule has 0 saturated carbocycles. The zero-order chi connectivity index (χ0) is 13.4. The van der Waals surface area contributed by atoms with Crippen LogP contribution in [-0.4, -0.2) is 42.7 Å². The first kappa shape index (κ1) is 14.2. The molecule has 0 aliphatic carbocycles. The van der Waals surface area contributed by atoms with E-state index in [1.54, 1.807) is 12.4 Å². The van der Waals surface area contributed by atoms with Crippen molar-refractivity contribution >= 4 is 11.8 Å². The fraction of sp³-hybridized carbons (Fsp3) is 0.583. The zero-order valence-corrected chi connectivity index (χ0v) is 11.0. The van der Waals surface area contributed by atoms with Gasteiger partial charge in [-0.15, -0.1) is 0 Å². The Labute approximate surface area is 107 Å². The second-order valence-corrected chi connectivity index (χ2v) is 3.65. The van der Waals surface area contributed by atoms with Crippen LogP contribution in [0.5, 0.6) is 5.88 Å². The molecule has 0 aliphatic heterocycles. The van der Waals surface area contributed by atoms with Crippen molar-refractivity contribution < 1.29 is 14.3 Å². The Hall–Kier alpha value is -1.85. The highest BCUT2D eigenvalue weighted by Gasteiger charge is 2.13. The number of esters is 1. The van der Waals surface area contributed by atoms with E-state index in [4.69, 9.17) is 4.74 Å². The van der Waals surface area contributed by atoms with E-state index in [2.05, 4.69) is 14.7 Å². The van der Waals surface area contributed by atoms with Crippen molar-refractivity contribution in [2.24, 2.45) is 0 Å². The number of rotatable bonds is 7. The highest BCUT2D eigenvalue weighted by molar-refractivity contribution is 5.75. The molecule has 1 aromatic heterocycles. The van der Waals surface area contributed by atoms with Gasteiger partial charge in [-0.3, -0.25) is 9.78 Å².